The Morgan fingerprint density at radius 3 is 2.75 bits per heavy atom. The lowest BCUT2D eigenvalue weighted by molar-refractivity contribution is 0.300. The molecule has 0 aliphatic rings. The monoisotopic (exact) mass is 294 g/mol. The van der Waals surface area contributed by atoms with Crippen LogP contribution in [0.2, 0.25) is 5.02 Å². The quantitative estimate of drug-likeness (QED) is 0.394. The fourth-order valence-corrected chi connectivity index (χ4v) is 1.85. The van der Waals surface area contributed by atoms with Gasteiger partial charge < -0.3 is 15.7 Å². The average Bonchev–Trinajstić information content (AvgIpc) is 2.46. The van der Waals surface area contributed by atoms with Crippen molar-refractivity contribution < 1.29 is 14.3 Å². The molecule has 0 amide bonds. The van der Waals surface area contributed by atoms with Crippen molar-refractivity contribution in [3.05, 3.63) is 64.4 Å². The molecule has 3 N–H and O–H groups in total. The number of oxime groups is 1. The zero-order valence-corrected chi connectivity index (χ0v) is 11.1. The van der Waals surface area contributed by atoms with Crippen molar-refractivity contribution in [2.45, 2.75) is 6.61 Å². The third kappa shape index (κ3) is 3.19. The summed E-state index contributed by atoms with van der Waals surface area (Å²) in [4.78, 5) is 0. The Hall–Kier alpha value is -2.27. The van der Waals surface area contributed by atoms with Crippen molar-refractivity contribution in [2.75, 3.05) is 0 Å². The van der Waals surface area contributed by atoms with E-state index in [1.165, 1.54) is 12.1 Å². The van der Waals surface area contributed by atoms with Crippen molar-refractivity contribution in [1.82, 2.24) is 0 Å². The summed E-state index contributed by atoms with van der Waals surface area (Å²) >= 11 is 5.91. The van der Waals surface area contributed by atoms with E-state index in [1.807, 2.05) is 0 Å². The fourth-order valence-electron chi connectivity index (χ4n) is 1.63. The van der Waals surface area contributed by atoms with Gasteiger partial charge in [-0.05, 0) is 24.3 Å². The van der Waals surface area contributed by atoms with Crippen LogP contribution >= 0.6 is 11.6 Å². The molecule has 0 aliphatic carbocycles. The second-order valence-corrected chi connectivity index (χ2v) is 4.41. The maximum Gasteiger partial charge on any atom is 0.170 e. The first kappa shape index (κ1) is 14.1. The minimum atomic E-state index is -0.426. The second kappa shape index (κ2) is 6.25. The number of rotatable bonds is 4. The van der Waals surface area contributed by atoms with E-state index in [9.17, 15) is 4.39 Å². The Morgan fingerprint density at radius 1 is 1.30 bits per heavy atom. The molecule has 104 valence electrons. The van der Waals surface area contributed by atoms with Gasteiger partial charge in [0.15, 0.2) is 5.84 Å². The molecule has 0 atom stereocenters. The van der Waals surface area contributed by atoms with Crippen LogP contribution in [-0.2, 0) is 6.61 Å². The molecule has 0 heterocycles. The number of halogens is 2. The summed E-state index contributed by atoms with van der Waals surface area (Å²) in [5.74, 6) is 0.0119. The molecule has 4 nitrogen and oxygen atoms in total. The van der Waals surface area contributed by atoms with Gasteiger partial charge in [0, 0.05) is 11.1 Å². The normalized spacial score (nSPS) is 11.4. The molecule has 0 radical (unpaired) electrons. The van der Waals surface area contributed by atoms with E-state index >= 15 is 0 Å². The standard InChI is InChI=1S/C14H12ClFN2O2/c15-12-5-2-6-13(16)11(12)8-20-10-4-1-3-9(7-10)14(17)18-19/h1-7,19H,8H2,(H2,17,18). The predicted molar refractivity (Wildman–Crippen MR) is 74.7 cm³/mol. The number of benzene rings is 2. The molecule has 6 heteroatoms. The minimum Gasteiger partial charge on any atom is -0.489 e. The van der Waals surface area contributed by atoms with Gasteiger partial charge >= 0.3 is 0 Å². The van der Waals surface area contributed by atoms with Gasteiger partial charge in [-0.2, -0.15) is 0 Å². The van der Waals surface area contributed by atoms with Crippen LogP contribution in [-0.4, -0.2) is 11.0 Å². The lowest BCUT2D eigenvalue weighted by Gasteiger charge is -2.09. The van der Waals surface area contributed by atoms with E-state index in [0.717, 1.165) is 0 Å². The van der Waals surface area contributed by atoms with Gasteiger partial charge in [-0.15, -0.1) is 0 Å². The smallest absolute Gasteiger partial charge is 0.170 e. The summed E-state index contributed by atoms with van der Waals surface area (Å²) in [5.41, 5.74) is 6.27. The van der Waals surface area contributed by atoms with Crippen LogP contribution in [0.1, 0.15) is 11.1 Å². The highest BCUT2D eigenvalue weighted by molar-refractivity contribution is 6.31. The molecule has 0 bridgehead atoms. The van der Waals surface area contributed by atoms with Crippen LogP contribution in [0.3, 0.4) is 0 Å². The van der Waals surface area contributed by atoms with E-state index < -0.39 is 5.82 Å². The van der Waals surface area contributed by atoms with Crippen molar-refractivity contribution in [3.63, 3.8) is 0 Å². The van der Waals surface area contributed by atoms with Gasteiger partial charge in [-0.3, -0.25) is 0 Å². The molecular weight excluding hydrogens is 283 g/mol. The van der Waals surface area contributed by atoms with Gasteiger partial charge in [0.2, 0.25) is 0 Å². The van der Waals surface area contributed by atoms with Crippen LogP contribution in [0.4, 0.5) is 4.39 Å². The number of amidine groups is 1. The lowest BCUT2D eigenvalue weighted by atomic mass is 10.2. The first-order chi connectivity index (χ1) is 9.61. The number of ether oxygens (including phenoxy) is 1. The molecule has 0 aliphatic heterocycles. The third-order valence-electron chi connectivity index (χ3n) is 2.68. The molecule has 0 spiro atoms. The highest BCUT2D eigenvalue weighted by Crippen LogP contribution is 2.22. The van der Waals surface area contributed by atoms with E-state index in [-0.39, 0.29) is 18.0 Å². The molecule has 2 aromatic rings. The van der Waals surface area contributed by atoms with Gasteiger partial charge in [-0.1, -0.05) is 35.0 Å². The molecule has 0 unspecified atom stereocenters. The van der Waals surface area contributed by atoms with Gasteiger partial charge in [0.05, 0.1) is 5.02 Å². The Balaban J connectivity index is 2.15. The molecule has 0 saturated carbocycles. The van der Waals surface area contributed by atoms with Crippen LogP contribution in [0, 0.1) is 5.82 Å². The van der Waals surface area contributed by atoms with E-state index in [4.69, 9.17) is 27.3 Å². The SMILES string of the molecule is NC(=NO)c1cccc(OCc2c(F)cccc2Cl)c1. The van der Waals surface area contributed by atoms with Crippen molar-refractivity contribution in [1.29, 1.82) is 0 Å². The number of nitrogens with zero attached hydrogens (tertiary/aromatic N) is 1. The van der Waals surface area contributed by atoms with Gasteiger partial charge in [0.25, 0.3) is 0 Å². The Bertz CT molecular complexity index is 627. The van der Waals surface area contributed by atoms with Crippen molar-refractivity contribution >= 4 is 17.4 Å². The maximum atomic E-state index is 13.6. The third-order valence-corrected chi connectivity index (χ3v) is 3.04. The first-order valence-electron chi connectivity index (χ1n) is 5.75. The summed E-state index contributed by atoms with van der Waals surface area (Å²) in [6.07, 6.45) is 0. The molecule has 0 saturated heterocycles. The van der Waals surface area contributed by atoms with Crippen LogP contribution in [0.15, 0.2) is 47.6 Å². The van der Waals surface area contributed by atoms with E-state index in [0.29, 0.717) is 16.3 Å². The summed E-state index contributed by atoms with van der Waals surface area (Å²) < 4.78 is 19.1. The largest absolute Gasteiger partial charge is 0.489 e. The topological polar surface area (TPSA) is 67.8 Å². The zero-order chi connectivity index (χ0) is 14.5. The van der Waals surface area contributed by atoms with Crippen molar-refractivity contribution in [3.8, 4) is 5.75 Å². The fraction of sp³-hybridized carbons (Fsp3) is 0.0714. The number of hydrogen-bond donors (Lipinski definition) is 2. The summed E-state index contributed by atoms with van der Waals surface area (Å²) in [6, 6.07) is 11.1. The summed E-state index contributed by atoms with van der Waals surface area (Å²) in [5, 5.41) is 11.8. The van der Waals surface area contributed by atoms with Crippen LogP contribution in [0.5, 0.6) is 5.75 Å². The van der Waals surface area contributed by atoms with Gasteiger partial charge in [-0.25, -0.2) is 4.39 Å². The van der Waals surface area contributed by atoms with E-state index in [1.54, 1.807) is 30.3 Å². The molecule has 2 rings (SSSR count). The van der Waals surface area contributed by atoms with Crippen LogP contribution < -0.4 is 10.5 Å². The average molecular weight is 295 g/mol. The molecule has 20 heavy (non-hydrogen) atoms. The first-order valence-corrected chi connectivity index (χ1v) is 6.13. The number of nitrogens with two attached hydrogens (primary N) is 1. The Kier molecular flexibility index (Phi) is 4.42. The Labute approximate surface area is 120 Å². The molecule has 0 aromatic heterocycles. The molecule has 2 aromatic carbocycles. The Morgan fingerprint density at radius 2 is 2.05 bits per heavy atom. The predicted octanol–water partition coefficient (Wildman–Crippen LogP) is 3.15. The lowest BCUT2D eigenvalue weighted by Crippen LogP contribution is -2.13. The highest BCUT2D eigenvalue weighted by atomic mass is 35.5. The molecule has 0 fully saturated rings. The summed E-state index contributed by atoms with van der Waals surface area (Å²) in [7, 11) is 0. The minimum absolute atomic E-state index is 0.00880. The second-order valence-electron chi connectivity index (χ2n) is 4.00. The highest BCUT2D eigenvalue weighted by Gasteiger charge is 2.08. The zero-order valence-electron chi connectivity index (χ0n) is 10.4. The van der Waals surface area contributed by atoms with Crippen LogP contribution in [0.25, 0.3) is 0 Å². The van der Waals surface area contributed by atoms with Crippen molar-refractivity contribution in [2.24, 2.45) is 10.9 Å². The maximum absolute atomic E-state index is 13.6. The van der Waals surface area contributed by atoms with E-state index in [2.05, 4.69) is 5.16 Å². The molecular formula is C14H12ClFN2O2. The number of hydrogen-bond acceptors (Lipinski definition) is 3. The summed E-state index contributed by atoms with van der Waals surface area (Å²) in [6.45, 7) is -0.00880. The van der Waals surface area contributed by atoms with Gasteiger partial charge in [0.1, 0.15) is 18.2 Å².